The number of carbonyl (C=O) groups excluding carboxylic acids is 1. The van der Waals surface area contributed by atoms with E-state index in [0.717, 1.165) is 17.0 Å². The smallest absolute Gasteiger partial charge is 0.240 e. The van der Waals surface area contributed by atoms with E-state index in [1.807, 2.05) is 0 Å². The molecule has 0 spiro atoms. The molecule has 4 heteroatoms. The minimum atomic E-state index is 0.0111. The lowest BCUT2D eigenvalue weighted by atomic mass is 10.1. The first-order chi connectivity index (χ1) is 6.25. The number of aryl methyl sites for hydroxylation is 1. The van der Waals surface area contributed by atoms with Gasteiger partial charge in [0.2, 0.25) is 5.91 Å². The van der Waals surface area contributed by atoms with E-state index in [2.05, 4.69) is 29.6 Å². The van der Waals surface area contributed by atoms with Gasteiger partial charge in [0.05, 0.1) is 10.6 Å². The summed E-state index contributed by atoms with van der Waals surface area (Å²) in [7, 11) is 0. The zero-order valence-electron chi connectivity index (χ0n) is 7.33. The monoisotopic (exact) mass is 194 g/mol. The summed E-state index contributed by atoms with van der Waals surface area (Å²) in [5.74, 6) is 0.0111. The average Bonchev–Trinajstić information content (AvgIpc) is 2.53. The lowest BCUT2D eigenvalue weighted by molar-refractivity contribution is -0.121. The van der Waals surface area contributed by atoms with Crippen LogP contribution in [-0.4, -0.2) is 11.6 Å². The van der Waals surface area contributed by atoms with Crippen molar-refractivity contribution in [2.45, 2.75) is 19.8 Å². The lowest BCUT2D eigenvalue weighted by Crippen LogP contribution is -2.25. The molecule has 2 rings (SSSR count). The Bertz CT molecular complexity index is 367. The van der Waals surface area contributed by atoms with Gasteiger partial charge in [-0.15, -0.1) is 11.3 Å². The van der Waals surface area contributed by atoms with Crippen LogP contribution in [0.2, 0.25) is 0 Å². The Morgan fingerprint density at radius 2 is 2.31 bits per heavy atom. The molecule has 0 fully saturated rings. The van der Waals surface area contributed by atoms with E-state index >= 15 is 0 Å². The van der Waals surface area contributed by atoms with E-state index in [1.165, 1.54) is 4.88 Å². The molecule has 1 N–H and O–H groups in total. The number of rotatable bonds is 1. The lowest BCUT2D eigenvalue weighted by Gasteiger charge is -2.09. The third kappa shape index (κ3) is 1.78. The Kier molecular flexibility index (Phi) is 2.14. The minimum Gasteiger partial charge on any atom is -0.273 e. The predicted octanol–water partition coefficient (Wildman–Crippen LogP) is 1.67. The fourth-order valence-electron chi connectivity index (χ4n) is 1.24. The topological polar surface area (TPSA) is 41.5 Å². The average molecular weight is 194 g/mol. The Hall–Kier alpha value is -1.16. The summed E-state index contributed by atoms with van der Waals surface area (Å²) < 4.78 is 0. The van der Waals surface area contributed by atoms with Gasteiger partial charge in [-0.3, -0.25) is 4.79 Å². The molecule has 0 radical (unpaired) electrons. The fraction of sp³-hybridized carbons (Fsp3) is 0.333. The van der Waals surface area contributed by atoms with E-state index in [9.17, 15) is 4.79 Å². The molecule has 0 aliphatic carbocycles. The molecule has 1 amide bonds. The van der Waals surface area contributed by atoms with E-state index in [4.69, 9.17) is 0 Å². The van der Waals surface area contributed by atoms with Crippen LogP contribution in [0.25, 0.3) is 0 Å². The molecule has 1 aromatic heterocycles. The molecule has 0 unspecified atom stereocenters. The molecular weight excluding hydrogens is 184 g/mol. The van der Waals surface area contributed by atoms with Crippen molar-refractivity contribution in [3.05, 3.63) is 21.9 Å². The minimum absolute atomic E-state index is 0.0111. The molecule has 13 heavy (non-hydrogen) atoms. The van der Waals surface area contributed by atoms with Crippen LogP contribution in [-0.2, 0) is 4.79 Å². The van der Waals surface area contributed by atoms with Crippen LogP contribution in [0.15, 0.2) is 17.2 Å². The van der Waals surface area contributed by atoms with Crippen LogP contribution in [0.4, 0.5) is 0 Å². The number of hydrogen-bond donors (Lipinski definition) is 1. The van der Waals surface area contributed by atoms with Gasteiger partial charge in [-0.1, -0.05) is 0 Å². The molecule has 1 aromatic rings. The van der Waals surface area contributed by atoms with Crippen LogP contribution < -0.4 is 5.43 Å². The second-order valence-electron chi connectivity index (χ2n) is 3.00. The molecule has 0 atom stereocenters. The number of nitrogens with one attached hydrogen (secondary N) is 1. The predicted molar refractivity (Wildman–Crippen MR) is 53.0 cm³/mol. The van der Waals surface area contributed by atoms with Crippen molar-refractivity contribution in [1.29, 1.82) is 0 Å². The molecule has 1 aliphatic rings. The summed E-state index contributed by atoms with van der Waals surface area (Å²) in [5.41, 5.74) is 3.49. The maximum Gasteiger partial charge on any atom is 0.240 e. The largest absolute Gasteiger partial charge is 0.273 e. The van der Waals surface area contributed by atoms with Gasteiger partial charge in [-0.2, -0.15) is 5.10 Å². The number of carbonyl (C=O) groups is 1. The van der Waals surface area contributed by atoms with Crippen LogP contribution in [0, 0.1) is 6.92 Å². The van der Waals surface area contributed by atoms with Crippen LogP contribution in [0.3, 0.4) is 0 Å². The quantitative estimate of drug-likeness (QED) is 0.726. The second kappa shape index (κ2) is 3.30. The standard InChI is InChI=1S/C9H10N2OS/c1-6-2-4-8(13-6)7-3-5-9(12)11-10-7/h2,4H,3,5H2,1H3,(H,11,12). The van der Waals surface area contributed by atoms with Crippen molar-refractivity contribution in [3.8, 4) is 0 Å². The fourth-order valence-corrected chi connectivity index (χ4v) is 2.13. The maximum atomic E-state index is 10.8. The molecule has 3 nitrogen and oxygen atoms in total. The third-order valence-electron chi connectivity index (χ3n) is 1.93. The van der Waals surface area contributed by atoms with E-state index < -0.39 is 0 Å². The highest BCUT2D eigenvalue weighted by Gasteiger charge is 2.13. The van der Waals surface area contributed by atoms with Crippen molar-refractivity contribution < 1.29 is 4.79 Å². The highest BCUT2D eigenvalue weighted by molar-refractivity contribution is 7.14. The van der Waals surface area contributed by atoms with Crippen molar-refractivity contribution in [2.75, 3.05) is 0 Å². The molecule has 0 aromatic carbocycles. The molecule has 68 valence electrons. The van der Waals surface area contributed by atoms with Gasteiger partial charge in [-0.05, 0) is 19.1 Å². The summed E-state index contributed by atoms with van der Waals surface area (Å²) >= 11 is 1.71. The molecular formula is C9H10N2OS. The van der Waals surface area contributed by atoms with E-state index in [-0.39, 0.29) is 5.91 Å². The highest BCUT2D eigenvalue weighted by Crippen LogP contribution is 2.19. The normalized spacial score (nSPS) is 16.7. The van der Waals surface area contributed by atoms with Crippen LogP contribution in [0.5, 0.6) is 0 Å². The molecule has 1 aliphatic heterocycles. The Labute approximate surface area is 80.5 Å². The Morgan fingerprint density at radius 3 is 2.85 bits per heavy atom. The number of amides is 1. The Morgan fingerprint density at radius 1 is 1.46 bits per heavy atom. The van der Waals surface area contributed by atoms with Crippen molar-refractivity contribution in [2.24, 2.45) is 5.10 Å². The molecule has 2 heterocycles. The first-order valence-electron chi connectivity index (χ1n) is 4.18. The van der Waals surface area contributed by atoms with Crippen molar-refractivity contribution >= 4 is 23.0 Å². The first-order valence-corrected chi connectivity index (χ1v) is 4.99. The van der Waals surface area contributed by atoms with E-state index in [0.29, 0.717) is 6.42 Å². The van der Waals surface area contributed by atoms with Gasteiger partial charge < -0.3 is 0 Å². The van der Waals surface area contributed by atoms with Gasteiger partial charge in [0, 0.05) is 17.7 Å². The number of thiophene rings is 1. The van der Waals surface area contributed by atoms with Gasteiger partial charge >= 0.3 is 0 Å². The summed E-state index contributed by atoms with van der Waals surface area (Å²) in [5, 5.41) is 4.02. The number of hydrazone groups is 1. The van der Waals surface area contributed by atoms with Gasteiger partial charge in [0.15, 0.2) is 0 Å². The van der Waals surface area contributed by atoms with Gasteiger partial charge in [-0.25, -0.2) is 5.43 Å². The van der Waals surface area contributed by atoms with Crippen LogP contribution in [0.1, 0.15) is 22.6 Å². The summed E-state index contributed by atoms with van der Waals surface area (Å²) in [6, 6.07) is 4.12. The Balaban J connectivity index is 2.22. The summed E-state index contributed by atoms with van der Waals surface area (Å²) in [6.45, 7) is 2.07. The summed E-state index contributed by atoms with van der Waals surface area (Å²) in [6.07, 6.45) is 1.31. The third-order valence-corrected chi connectivity index (χ3v) is 2.98. The zero-order chi connectivity index (χ0) is 9.26. The van der Waals surface area contributed by atoms with E-state index in [1.54, 1.807) is 11.3 Å². The molecule has 0 saturated carbocycles. The second-order valence-corrected chi connectivity index (χ2v) is 4.29. The molecule has 0 bridgehead atoms. The SMILES string of the molecule is Cc1ccc(C2=NNC(=O)CC2)s1. The first kappa shape index (κ1) is 8.44. The highest BCUT2D eigenvalue weighted by atomic mass is 32.1. The maximum absolute atomic E-state index is 10.8. The number of hydrogen-bond acceptors (Lipinski definition) is 3. The number of nitrogens with zero attached hydrogens (tertiary/aromatic N) is 1. The van der Waals surface area contributed by atoms with Gasteiger partial charge in [0.25, 0.3) is 0 Å². The summed E-state index contributed by atoms with van der Waals surface area (Å²) in [4.78, 5) is 13.3. The van der Waals surface area contributed by atoms with Gasteiger partial charge in [0.1, 0.15) is 0 Å². The van der Waals surface area contributed by atoms with Crippen molar-refractivity contribution in [3.63, 3.8) is 0 Å². The molecule has 0 saturated heterocycles. The van der Waals surface area contributed by atoms with Crippen molar-refractivity contribution in [1.82, 2.24) is 5.43 Å². The van der Waals surface area contributed by atoms with Crippen LogP contribution >= 0.6 is 11.3 Å². The zero-order valence-corrected chi connectivity index (χ0v) is 8.15.